The SMILES string of the molecule is CC(C)(C)c1nc2cc(N)ccc2n1Cc1cc(Br)cs1. The number of benzene rings is 1. The molecular weight excluding hydrogens is 346 g/mol. The minimum atomic E-state index is -0.0116. The van der Waals surface area contributed by atoms with Crippen molar-refractivity contribution in [2.45, 2.75) is 32.7 Å². The van der Waals surface area contributed by atoms with E-state index in [4.69, 9.17) is 10.7 Å². The van der Waals surface area contributed by atoms with Crippen molar-refractivity contribution < 1.29 is 0 Å². The zero-order valence-electron chi connectivity index (χ0n) is 12.4. The predicted octanol–water partition coefficient (Wildman–Crippen LogP) is 4.79. The molecule has 2 aromatic heterocycles. The van der Waals surface area contributed by atoms with Crippen molar-refractivity contribution in [3.8, 4) is 0 Å². The van der Waals surface area contributed by atoms with E-state index < -0.39 is 0 Å². The second-order valence-electron chi connectivity index (χ2n) is 6.25. The molecule has 0 saturated carbocycles. The summed E-state index contributed by atoms with van der Waals surface area (Å²) in [5.41, 5.74) is 8.74. The van der Waals surface area contributed by atoms with E-state index in [0.29, 0.717) is 0 Å². The molecule has 0 fully saturated rings. The first-order valence-corrected chi connectivity index (χ1v) is 8.51. The van der Waals surface area contributed by atoms with Crippen LogP contribution in [0.15, 0.2) is 34.1 Å². The molecule has 21 heavy (non-hydrogen) atoms. The third-order valence-electron chi connectivity index (χ3n) is 3.38. The first-order valence-electron chi connectivity index (χ1n) is 6.84. The molecule has 3 aromatic rings. The number of imidazole rings is 1. The van der Waals surface area contributed by atoms with Crippen molar-refractivity contribution in [2.24, 2.45) is 0 Å². The van der Waals surface area contributed by atoms with Crippen molar-refractivity contribution in [3.05, 3.63) is 44.8 Å². The van der Waals surface area contributed by atoms with E-state index in [0.717, 1.165) is 33.6 Å². The normalized spacial score (nSPS) is 12.2. The third kappa shape index (κ3) is 2.85. The Balaban J connectivity index is 2.17. The van der Waals surface area contributed by atoms with Crippen molar-refractivity contribution in [2.75, 3.05) is 5.73 Å². The zero-order chi connectivity index (χ0) is 15.2. The molecule has 5 heteroatoms. The second kappa shape index (κ2) is 5.14. The monoisotopic (exact) mass is 363 g/mol. The summed E-state index contributed by atoms with van der Waals surface area (Å²) in [5, 5.41) is 2.11. The largest absolute Gasteiger partial charge is 0.399 e. The summed E-state index contributed by atoms with van der Waals surface area (Å²) >= 11 is 5.28. The van der Waals surface area contributed by atoms with Gasteiger partial charge < -0.3 is 10.3 Å². The number of rotatable bonds is 2. The van der Waals surface area contributed by atoms with Crippen LogP contribution in [-0.4, -0.2) is 9.55 Å². The maximum absolute atomic E-state index is 5.89. The van der Waals surface area contributed by atoms with Crippen molar-refractivity contribution in [1.82, 2.24) is 9.55 Å². The highest BCUT2D eigenvalue weighted by atomic mass is 79.9. The molecule has 0 aliphatic heterocycles. The molecule has 3 nitrogen and oxygen atoms in total. The summed E-state index contributed by atoms with van der Waals surface area (Å²) in [7, 11) is 0. The van der Waals surface area contributed by atoms with Crippen LogP contribution in [0.1, 0.15) is 31.5 Å². The van der Waals surface area contributed by atoms with E-state index in [1.54, 1.807) is 11.3 Å². The number of nitrogens with two attached hydrogens (primary N) is 1. The van der Waals surface area contributed by atoms with Gasteiger partial charge >= 0.3 is 0 Å². The lowest BCUT2D eigenvalue weighted by Gasteiger charge is -2.19. The van der Waals surface area contributed by atoms with Gasteiger partial charge in [0.2, 0.25) is 0 Å². The Morgan fingerprint density at radius 3 is 2.67 bits per heavy atom. The molecule has 0 saturated heterocycles. The van der Waals surface area contributed by atoms with Gasteiger partial charge in [-0.15, -0.1) is 11.3 Å². The highest BCUT2D eigenvalue weighted by Crippen LogP contribution is 2.30. The number of halogens is 1. The van der Waals surface area contributed by atoms with Gasteiger partial charge in [0, 0.05) is 25.8 Å². The maximum Gasteiger partial charge on any atom is 0.115 e. The maximum atomic E-state index is 5.89. The average molecular weight is 364 g/mol. The molecule has 3 rings (SSSR count). The minimum absolute atomic E-state index is 0.0116. The molecule has 1 aromatic carbocycles. The van der Waals surface area contributed by atoms with Gasteiger partial charge in [0.05, 0.1) is 17.6 Å². The number of hydrogen-bond donors (Lipinski definition) is 1. The number of thiophene rings is 1. The number of anilines is 1. The number of nitrogen functional groups attached to an aromatic ring is 1. The summed E-state index contributed by atoms with van der Waals surface area (Å²) in [6.45, 7) is 7.42. The van der Waals surface area contributed by atoms with Crippen LogP contribution in [-0.2, 0) is 12.0 Å². The lowest BCUT2D eigenvalue weighted by Crippen LogP contribution is -2.19. The van der Waals surface area contributed by atoms with Crippen molar-refractivity contribution in [1.29, 1.82) is 0 Å². The Hall–Kier alpha value is -1.33. The van der Waals surface area contributed by atoms with Gasteiger partial charge in [0.25, 0.3) is 0 Å². The van der Waals surface area contributed by atoms with Crippen LogP contribution in [0.5, 0.6) is 0 Å². The van der Waals surface area contributed by atoms with Gasteiger partial charge in [0.15, 0.2) is 0 Å². The smallest absolute Gasteiger partial charge is 0.115 e. The fraction of sp³-hybridized carbons (Fsp3) is 0.312. The van der Waals surface area contributed by atoms with Gasteiger partial charge in [0.1, 0.15) is 5.82 Å². The summed E-state index contributed by atoms with van der Waals surface area (Å²) in [5.74, 6) is 1.09. The molecule has 0 aliphatic carbocycles. The standard InChI is InChI=1S/C16H18BrN3S/c1-16(2,3)15-19-13-7-11(18)4-5-14(13)20(15)8-12-6-10(17)9-21-12/h4-7,9H,8,18H2,1-3H3. The Morgan fingerprint density at radius 2 is 2.05 bits per heavy atom. The molecule has 0 spiro atoms. The van der Waals surface area contributed by atoms with Gasteiger partial charge in [-0.2, -0.15) is 0 Å². The molecule has 0 atom stereocenters. The summed E-state index contributed by atoms with van der Waals surface area (Å²) in [6.07, 6.45) is 0. The Morgan fingerprint density at radius 1 is 1.29 bits per heavy atom. The summed E-state index contributed by atoms with van der Waals surface area (Å²) in [6, 6.07) is 8.12. The van der Waals surface area contributed by atoms with Gasteiger partial charge in [-0.25, -0.2) is 4.98 Å². The second-order valence-corrected chi connectivity index (χ2v) is 8.16. The summed E-state index contributed by atoms with van der Waals surface area (Å²) in [4.78, 5) is 6.13. The Kier molecular flexibility index (Phi) is 3.58. The van der Waals surface area contributed by atoms with Gasteiger partial charge in [-0.1, -0.05) is 20.8 Å². The first kappa shape index (κ1) is 14.6. The quantitative estimate of drug-likeness (QED) is 0.665. The van der Waals surface area contributed by atoms with Crippen molar-refractivity contribution in [3.63, 3.8) is 0 Å². The lowest BCUT2D eigenvalue weighted by atomic mass is 9.95. The molecule has 0 radical (unpaired) electrons. The molecule has 110 valence electrons. The summed E-state index contributed by atoms with van der Waals surface area (Å²) < 4.78 is 3.43. The molecule has 0 amide bonds. The number of hydrogen-bond acceptors (Lipinski definition) is 3. The Labute approximate surface area is 136 Å². The van der Waals surface area contributed by atoms with Gasteiger partial charge in [-0.3, -0.25) is 0 Å². The van der Waals surface area contributed by atoms with E-state index in [9.17, 15) is 0 Å². The molecule has 0 bridgehead atoms. The highest BCUT2D eigenvalue weighted by Gasteiger charge is 2.23. The van der Waals surface area contributed by atoms with Gasteiger partial charge in [-0.05, 0) is 40.2 Å². The molecule has 2 N–H and O–H groups in total. The third-order valence-corrected chi connectivity index (χ3v) is 5.06. The fourth-order valence-electron chi connectivity index (χ4n) is 2.47. The average Bonchev–Trinajstić information content (AvgIpc) is 2.93. The lowest BCUT2D eigenvalue weighted by molar-refractivity contribution is 0.517. The van der Waals surface area contributed by atoms with E-state index in [1.807, 2.05) is 12.1 Å². The van der Waals surface area contributed by atoms with E-state index >= 15 is 0 Å². The topological polar surface area (TPSA) is 43.8 Å². The number of aromatic nitrogens is 2. The van der Waals surface area contributed by atoms with E-state index in [1.165, 1.54) is 4.88 Å². The van der Waals surface area contributed by atoms with Crippen molar-refractivity contribution >= 4 is 44.0 Å². The van der Waals surface area contributed by atoms with Crippen LogP contribution < -0.4 is 5.73 Å². The number of fused-ring (bicyclic) bond motifs is 1. The number of nitrogens with zero attached hydrogens (tertiary/aromatic N) is 2. The highest BCUT2D eigenvalue weighted by molar-refractivity contribution is 9.10. The molecule has 0 aliphatic rings. The van der Waals surface area contributed by atoms with Crippen LogP contribution in [0, 0.1) is 0 Å². The molecule has 2 heterocycles. The van der Waals surface area contributed by atoms with E-state index in [2.05, 4.69) is 58.8 Å². The zero-order valence-corrected chi connectivity index (χ0v) is 14.8. The fourth-order valence-corrected chi connectivity index (χ4v) is 3.91. The van der Waals surface area contributed by atoms with Crippen LogP contribution in [0.25, 0.3) is 11.0 Å². The molecule has 0 unspecified atom stereocenters. The van der Waals surface area contributed by atoms with Crippen LogP contribution in [0.3, 0.4) is 0 Å². The molecular formula is C16H18BrN3S. The van der Waals surface area contributed by atoms with E-state index in [-0.39, 0.29) is 5.41 Å². The van der Waals surface area contributed by atoms with Crippen LogP contribution >= 0.6 is 27.3 Å². The van der Waals surface area contributed by atoms with Crippen LogP contribution in [0.2, 0.25) is 0 Å². The minimum Gasteiger partial charge on any atom is -0.399 e. The first-order chi connectivity index (χ1) is 9.84. The predicted molar refractivity (Wildman–Crippen MR) is 94.0 cm³/mol. The Bertz CT molecular complexity index is 796. The van der Waals surface area contributed by atoms with Crippen LogP contribution in [0.4, 0.5) is 5.69 Å².